The van der Waals surface area contributed by atoms with Gasteiger partial charge in [-0.3, -0.25) is 10.4 Å². The summed E-state index contributed by atoms with van der Waals surface area (Å²) in [5.74, 6) is 0.00411. The average molecular weight is 238 g/mol. The lowest BCUT2D eigenvalue weighted by atomic mass is 10.0. The lowest BCUT2D eigenvalue weighted by Gasteiger charge is -2.05. The fourth-order valence-corrected chi connectivity index (χ4v) is 1.75. The Morgan fingerprint density at radius 3 is 2.67 bits per heavy atom. The lowest BCUT2D eigenvalue weighted by Crippen LogP contribution is -2.12. The molecule has 1 radical (unpaired) electrons. The Morgan fingerprint density at radius 1 is 1.28 bits per heavy atom. The van der Waals surface area contributed by atoms with Gasteiger partial charge in [0.25, 0.3) is 0 Å². The average Bonchev–Trinajstić information content (AvgIpc) is 2.38. The van der Waals surface area contributed by atoms with E-state index in [-0.39, 0.29) is 5.84 Å². The molecule has 0 bridgehead atoms. The molecule has 0 unspecified atom stereocenters. The number of amidine groups is 1. The van der Waals surface area contributed by atoms with Gasteiger partial charge in [-0.25, -0.2) is 0 Å². The van der Waals surface area contributed by atoms with Crippen molar-refractivity contribution in [1.29, 1.82) is 5.41 Å². The van der Waals surface area contributed by atoms with E-state index in [2.05, 4.69) is 30.5 Å². The lowest BCUT2D eigenvalue weighted by molar-refractivity contribution is 1.11. The van der Waals surface area contributed by atoms with Gasteiger partial charge in [0.05, 0.1) is 0 Å². The zero-order valence-electron chi connectivity index (χ0n) is 10.4. The predicted octanol–water partition coefficient (Wildman–Crippen LogP) is 2.47. The van der Waals surface area contributed by atoms with Gasteiger partial charge in [0, 0.05) is 6.20 Å². The summed E-state index contributed by atoms with van der Waals surface area (Å²) in [6, 6.07) is 12.0. The van der Waals surface area contributed by atoms with Crippen LogP contribution in [0.3, 0.4) is 0 Å². The maximum absolute atomic E-state index is 7.28. The number of pyridine rings is 1. The van der Waals surface area contributed by atoms with E-state index in [1.807, 2.05) is 18.2 Å². The summed E-state index contributed by atoms with van der Waals surface area (Å²) in [6.45, 7) is 2.10. The number of hydrogen-bond donors (Lipinski definition) is 2. The smallest absolute Gasteiger partial charge is 0.141 e. The number of aromatic nitrogens is 1. The minimum absolute atomic E-state index is 0.00411. The van der Waals surface area contributed by atoms with Crippen molar-refractivity contribution in [2.75, 3.05) is 0 Å². The van der Waals surface area contributed by atoms with Crippen LogP contribution in [0.25, 0.3) is 0 Å². The molecule has 1 aromatic carbocycles. The first-order chi connectivity index (χ1) is 8.66. The molecule has 2 aromatic rings. The first-order valence-corrected chi connectivity index (χ1v) is 5.85. The van der Waals surface area contributed by atoms with Gasteiger partial charge in [-0.1, -0.05) is 30.3 Å². The Kier molecular flexibility index (Phi) is 3.72. The van der Waals surface area contributed by atoms with Crippen molar-refractivity contribution in [2.24, 2.45) is 5.73 Å². The first kappa shape index (κ1) is 12.3. The van der Waals surface area contributed by atoms with Gasteiger partial charge in [0.2, 0.25) is 0 Å². The van der Waals surface area contributed by atoms with E-state index in [0.717, 1.165) is 12.0 Å². The third kappa shape index (κ3) is 2.94. The van der Waals surface area contributed by atoms with Crippen LogP contribution in [0.4, 0.5) is 0 Å². The number of nitrogens with two attached hydrogens (primary N) is 1. The maximum Gasteiger partial charge on any atom is 0.141 e. The first-order valence-electron chi connectivity index (χ1n) is 5.85. The largest absolute Gasteiger partial charge is 0.382 e. The topological polar surface area (TPSA) is 62.8 Å². The molecule has 1 heterocycles. The fourth-order valence-electron chi connectivity index (χ4n) is 1.75. The number of nitrogens with zero attached hydrogens (tertiary/aromatic N) is 1. The second-order valence-electron chi connectivity index (χ2n) is 4.23. The van der Waals surface area contributed by atoms with Gasteiger partial charge in [0.15, 0.2) is 0 Å². The summed E-state index contributed by atoms with van der Waals surface area (Å²) in [4.78, 5) is 4.14. The number of nitrogen functional groups attached to an aromatic ring is 1. The van der Waals surface area contributed by atoms with Crippen LogP contribution < -0.4 is 5.73 Å². The quantitative estimate of drug-likeness (QED) is 0.635. The summed E-state index contributed by atoms with van der Waals surface area (Å²) >= 11 is 0. The van der Waals surface area contributed by atoms with Gasteiger partial charge in [0.1, 0.15) is 11.5 Å². The second-order valence-corrected chi connectivity index (χ2v) is 4.23. The Bertz CT molecular complexity index is 544. The molecular formula is C15H16N3. The zero-order chi connectivity index (χ0) is 13.0. The predicted molar refractivity (Wildman–Crippen MR) is 73.5 cm³/mol. The number of benzene rings is 1. The zero-order valence-corrected chi connectivity index (χ0v) is 10.4. The van der Waals surface area contributed by atoms with E-state index in [9.17, 15) is 0 Å². The van der Waals surface area contributed by atoms with E-state index in [1.54, 1.807) is 12.3 Å². The van der Waals surface area contributed by atoms with E-state index in [4.69, 9.17) is 11.1 Å². The van der Waals surface area contributed by atoms with Gasteiger partial charge in [-0.15, -0.1) is 0 Å². The highest BCUT2D eigenvalue weighted by atomic mass is 14.8. The summed E-state index contributed by atoms with van der Waals surface area (Å²) in [6.07, 6.45) is 4.78. The Hall–Kier alpha value is -2.16. The molecule has 0 amide bonds. The normalized spacial score (nSPS) is 10.3. The highest BCUT2D eigenvalue weighted by molar-refractivity contribution is 5.92. The van der Waals surface area contributed by atoms with Crippen LogP contribution >= 0.6 is 0 Å². The summed E-state index contributed by atoms with van der Waals surface area (Å²) in [5, 5.41) is 7.28. The van der Waals surface area contributed by atoms with Crippen molar-refractivity contribution < 1.29 is 0 Å². The fraction of sp³-hybridized carbons (Fsp3) is 0.133. The SMILES string of the molecule is Cc1ccccc1[CH]Cc1ccc(C(=N)N)nc1. The molecule has 0 saturated heterocycles. The molecule has 3 nitrogen and oxygen atoms in total. The number of nitrogens with one attached hydrogen (secondary N) is 1. The molecule has 0 aliphatic carbocycles. The van der Waals surface area contributed by atoms with Crippen LogP contribution in [0, 0.1) is 18.8 Å². The molecule has 3 heteroatoms. The second kappa shape index (κ2) is 5.45. The number of hydrogen-bond acceptors (Lipinski definition) is 2. The van der Waals surface area contributed by atoms with Crippen molar-refractivity contribution in [3.63, 3.8) is 0 Å². The molecular weight excluding hydrogens is 222 g/mol. The summed E-state index contributed by atoms with van der Waals surface area (Å²) in [5.41, 5.74) is 9.51. The number of rotatable bonds is 4. The third-order valence-corrected chi connectivity index (χ3v) is 2.85. The Labute approximate surface area is 107 Å². The standard InChI is InChI=1S/C15H16N3/c1-11-4-2-3-5-13(11)8-6-12-7-9-14(15(16)17)18-10-12/h2-5,7-10H,6H2,1H3,(H3,16,17). The molecule has 1 aromatic heterocycles. The Morgan fingerprint density at radius 2 is 2.06 bits per heavy atom. The van der Waals surface area contributed by atoms with Crippen molar-refractivity contribution in [2.45, 2.75) is 13.3 Å². The van der Waals surface area contributed by atoms with Gasteiger partial charge in [-0.2, -0.15) is 0 Å². The van der Waals surface area contributed by atoms with E-state index in [0.29, 0.717) is 5.69 Å². The van der Waals surface area contributed by atoms with Crippen molar-refractivity contribution in [1.82, 2.24) is 4.98 Å². The van der Waals surface area contributed by atoms with Crippen LogP contribution in [0.1, 0.15) is 22.4 Å². The van der Waals surface area contributed by atoms with Crippen LogP contribution in [-0.4, -0.2) is 10.8 Å². The highest BCUT2D eigenvalue weighted by Crippen LogP contribution is 2.13. The molecule has 0 spiro atoms. The molecule has 2 rings (SSSR count). The van der Waals surface area contributed by atoms with Crippen molar-refractivity contribution in [3.8, 4) is 0 Å². The molecule has 0 aliphatic rings. The van der Waals surface area contributed by atoms with Gasteiger partial charge < -0.3 is 5.73 Å². The van der Waals surface area contributed by atoms with Crippen molar-refractivity contribution in [3.05, 3.63) is 71.4 Å². The molecule has 0 saturated carbocycles. The minimum atomic E-state index is 0.00411. The summed E-state index contributed by atoms with van der Waals surface area (Å²) < 4.78 is 0. The van der Waals surface area contributed by atoms with Crippen molar-refractivity contribution >= 4 is 5.84 Å². The molecule has 91 valence electrons. The highest BCUT2D eigenvalue weighted by Gasteiger charge is 2.01. The molecule has 0 fully saturated rings. The third-order valence-electron chi connectivity index (χ3n) is 2.85. The number of aryl methyl sites for hydroxylation is 1. The molecule has 18 heavy (non-hydrogen) atoms. The van der Waals surface area contributed by atoms with Crippen LogP contribution in [-0.2, 0) is 6.42 Å². The monoisotopic (exact) mass is 238 g/mol. The Balaban J connectivity index is 2.02. The van der Waals surface area contributed by atoms with E-state index >= 15 is 0 Å². The molecule has 0 aliphatic heterocycles. The van der Waals surface area contributed by atoms with E-state index < -0.39 is 0 Å². The van der Waals surface area contributed by atoms with E-state index in [1.165, 1.54) is 11.1 Å². The van der Waals surface area contributed by atoms with Gasteiger partial charge >= 0.3 is 0 Å². The van der Waals surface area contributed by atoms with Crippen LogP contribution in [0.15, 0.2) is 42.6 Å². The van der Waals surface area contributed by atoms with Gasteiger partial charge in [-0.05, 0) is 42.5 Å². The molecule has 3 N–H and O–H groups in total. The molecule has 0 atom stereocenters. The summed E-state index contributed by atoms with van der Waals surface area (Å²) in [7, 11) is 0. The minimum Gasteiger partial charge on any atom is -0.382 e. The van der Waals surface area contributed by atoms with Crippen LogP contribution in [0.2, 0.25) is 0 Å². The maximum atomic E-state index is 7.28. The van der Waals surface area contributed by atoms with Crippen LogP contribution in [0.5, 0.6) is 0 Å².